The van der Waals surface area contributed by atoms with Gasteiger partial charge in [0.2, 0.25) is 0 Å². The highest BCUT2D eigenvalue weighted by molar-refractivity contribution is 6.17. The van der Waals surface area contributed by atoms with Crippen LogP contribution in [0.2, 0.25) is 0 Å². The molecule has 0 radical (unpaired) electrons. The summed E-state index contributed by atoms with van der Waals surface area (Å²) in [6.45, 7) is 4.72. The maximum atomic E-state index is 5.71. The molecule has 3 nitrogen and oxygen atoms in total. The predicted octanol–water partition coefficient (Wildman–Crippen LogP) is 1.70. The van der Waals surface area contributed by atoms with E-state index in [1.54, 1.807) is 0 Å². The van der Waals surface area contributed by atoms with Crippen LogP contribution in [0.25, 0.3) is 0 Å². The minimum absolute atomic E-state index is 0.633. The van der Waals surface area contributed by atoms with Crippen molar-refractivity contribution in [2.24, 2.45) is 0 Å². The van der Waals surface area contributed by atoms with Crippen molar-refractivity contribution in [2.45, 2.75) is 13.0 Å². The van der Waals surface area contributed by atoms with Crippen LogP contribution in [-0.4, -0.2) is 42.1 Å². The number of rotatable bonds is 4. The number of pyridine rings is 1. The molecule has 1 aromatic heterocycles. The number of morpholine rings is 1. The summed E-state index contributed by atoms with van der Waals surface area (Å²) in [4.78, 5) is 6.70. The lowest BCUT2D eigenvalue weighted by molar-refractivity contribution is 0.0342. The average molecular weight is 241 g/mol. The largest absolute Gasteiger partial charge is 0.379 e. The topological polar surface area (TPSA) is 25.4 Å². The molecule has 16 heavy (non-hydrogen) atoms. The first-order valence-electron chi connectivity index (χ1n) is 5.68. The number of alkyl halides is 1. The van der Waals surface area contributed by atoms with Gasteiger partial charge >= 0.3 is 0 Å². The molecule has 0 spiro atoms. The number of halogens is 1. The molecule has 0 aromatic carbocycles. The quantitative estimate of drug-likeness (QED) is 0.749. The summed E-state index contributed by atoms with van der Waals surface area (Å²) in [7, 11) is 0. The molecule has 0 amide bonds. The Kier molecular flexibility index (Phi) is 4.57. The highest BCUT2D eigenvalue weighted by Crippen LogP contribution is 2.08. The van der Waals surface area contributed by atoms with Crippen LogP contribution in [-0.2, 0) is 17.7 Å². The van der Waals surface area contributed by atoms with Crippen molar-refractivity contribution >= 4 is 11.6 Å². The Morgan fingerprint density at radius 3 is 2.94 bits per heavy atom. The number of nitrogens with zero attached hydrogens (tertiary/aromatic N) is 2. The maximum Gasteiger partial charge on any atom is 0.0594 e. The Balaban J connectivity index is 1.94. The van der Waals surface area contributed by atoms with Crippen molar-refractivity contribution in [1.29, 1.82) is 0 Å². The van der Waals surface area contributed by atoms with E-state index in [0.717, 1.165) is 45.0 Å². The van der Waals surface area contributed by atoms with Crippen molar-refractivity contribution < 1.29 is 4.74 Å². The Morgan fingerprint density at radius 2 is 2.19 bits per heavy atom. The molecule has 1 aliphatic heterocycles. The Bertz CT molecular complexity index is 327. The lowest BCUT2D eigenvalue weighted by Crippen LogP contribution is -2.35. The summed E-state index contributed by atoms with van der Waals surface area (Å²) in [5, 5.41) is 0. The van der Waals surface area contributed by atoms with Crippen molar-refractivity contribution in [1.82, 2.24) is 9.88 Å². The van der Waals surface area contributed by atoms with Gasteiger partial charge in [0.05, 0.1) is 13.2 Å². The Morgan fingerprint density at radius 1 is 1.38 bits per heavy atom. The lowest BCUT2D eigenvalue weighted by Gasteiger charge is -2.26. The molecule has 0 aliphatic carbocycles. The number of ether oxygens (including phenoxy) is 1. The summed E-state index contributed by atoms with van der Waals surface area (Å²) in [5.74, 6) is 0.633. The highest BCUT2D eigenvalue weighted by Gasteiger charge is 2.10. The second-order valence-corrected chi connectivity index (χ2v) is 4.36. The number of aromatic nitrogens is 1. The first kappa shape index (κ1) is 11.8. The van der Waals surface area contributed by atoms with Crippen LogP contribution in [0.5, 0.6) is 0 Å². The molecule has 1 aromatic rings. The lowest BCUT2D eigenvalue weighted by atomic mass is 10.2. The molecule has 1 fully saturated rings. The van der Waals surface area contributed by atoms with Crippen molar-refractivity contribution in [2.75, 3.05) is 32.2 Å². The first-order chi connectivity index (χ1) is 7.88. The highest BCUT2D eigenvalue weighted by atomic mass is 35.5. The Hall–Kier alpha value is -0.640. The number of hydrogen-bond acceptors (Lipinski definition) is 3. The van der Waals surface area contributed by atoms with Crippen molar-refractivity contribution in [3.8, 4) is 0 Å². The summed E-state index contributed by atoms with van der Waals surface area (Å²) < 4.78 is 5.33. The Labute approximate surface area is 101 Å². The molecule has 1 saturated heterocycles. The number of aryl methyl sites for hydroxylation is 1. The van der Waals surface area contributed by atoms with Crippen molar-refractivity contribution in [3.63, 3.8) is 0 Å². The van der Waals surface area contributed by atoms with Gasteiger partial charge in [0.25, 0.3) is 0 Å². The van der Waals surface area contributed by atoms with Crippen LogP contribution in [0.3, 0.4) is 0 Å². The number of hydrogen-bond donors (Lipinski definition) is 0. The van der Waals surface area contributed by atoms with Gasteiger partial charge in [-0.05, 0) is 17.7 Å². The monoisotopic (exact) mass is 240 g/mol. The second-order valence-electron chi connectivity index (χ2n) is 3.98. The zero-order chi connectivity index (χ0) is 11.2. The van der Waals surface area contributed by atoms with Crippen LogP contribution >= 0.6 is 11.6 Å². The van der Waals surface area contributed by atoms with Gasteiger partial charge < -0.3 is 4.74 Å². The summed E-state index contributed by atoms with van der Waals surface area (Å²) in [5.41, 5.74) is 2.40. The van der Waals surface area contributed by atoms with Gasteiger partial charge in [-0.25, -0.2) is 0 Å². The maximum absolute atomic E-state index is 5.71. The van der Waals surface area contributed by atoms with E-state index in [-0.39, 0.29) is 0 Å². The summed E-state index contributed by atoms with van der Waals surface area (Å²) in [6.07, 6.45) is 2.72. The molecule has 0 atom stereocenters. The minimum Gasteiger partial charge on any atom is -0.379 e. The predicted molar refractivity (Wildman–Crippen MR) is 64.8 cm³/mol. The van der Waals surface area contributed by atoms with Crippen LogP contribution in [0.15, 0.2) is 18.3 Å². The van der Waals surface area contributed by atoms with E-state index in [1.165, 1.54) is 5.56 Å². The van der Waals surface area contributed by atoms with Gasteiger partial charge in [-0.3, -0.25) is 9.88 Å². The molecule has 0 bridgehead atoms. The average Bonchev–Trinajstić information content (AvgIpc) is 2.31. The second kappa shape index (κ2) is 6.18. The standard InChI is InChI=1S/C12H17ClN2O/c13-3-1-12-9-11(2-4-14-12)10-15-5-7-16-8-6-15/h2,4,9H,1,3,5-8,10H2. The van der Waals surface area contributed by atoms with Gasteiger partial charge in [0.15, 0.2) is 0 Å². The van der Waals surface area contributed by atoms with E-state index in [9.17, 15) is 0 Å². The fourth-order valence-electron chi connectivity index (χ4n) is 1.88. The minimum atomic E-state index is 0.633. The smallest absolute Gasteiger partial charge is 0.0594 e. The molecule has 2 rings (SSSR count). The SMILES string of the molecule is ClCCc1cc(CN2CCOCC2)ccn1. The molecule has 2 heterocycles. The van der Waals surface area contributed by atoms with E-state index in [0.29, 0.717) is 5.88 Å². The zero-order valence-electron chi connectivity index (χ0n) is 9.36. The molecule has 0 saturated carbocycles. The van der Waals surface area contributed by atoms with E-state index in [2.05, 4.69) is 22.0 Å². The molecule has 0 unspecified atom stereocenters. The fourth-order valence-corrected chi connectivity index (χ4v) is 2.07. The molecule has 1 aliphatic rings. The third-order valence-corrected chi connectivity index (χ3v) is 2.93. The first-order valence-corrected chi connectivity index (χ1v) is 6.22. The third-order valence-electron chi connectivity index (χ3n) is 2.74. The fraction of sp³-hybridized carbons (Fsp3) is 0.583. The van der Waals surface area contributed by atoms with Gasteiger partial charge in [-0.2, -0.15) is 0 Å². The van der Waals surface area contributed by atoms with Crippen LogP contribution in [0, 0.1) is 0 Å². The van der Waals surface area contributed by atoms with Gasteiger partial charge in [0.1, 0.15) is 0 Å². The third kappa shape index (κ3) is 3.44. The van der Waals surface area contributed by atoms with Crippen LogP contribution in [0.1, 0.15) is 11.3 Å². The van der Waals surface area contributed by atoms with E-state index < -0.39 is 0 Å². The van der Waals surface area contributed by atoms with Gasteiger partial charge in [0, 0.05) is 43.8 Å². The molecule has 0 N–H and O–H groups in total. The normalized spacial score (nSPS) is 17.6. The van der Waals surface area contributed by atoms with Crippen LogP contribution < -0.4 is 0 Å². The van der Waals surface area contributed by atoms with E-state index >= 15 is 0 Å². The molecule has 4 heteroatoms. The van der Waals surface area contributed by atoms with E-state index in [1.807, 2.05) is 6.20 Å². The van der Waals surface area contributed by atoms with Crippen LogP contribution in [0.4, 0.5) is 0 Å². The summed E-state index contributed by atoms with van der Waals surface area (Å²) >= 11 is 5.71. The van der Waals surface area contributed by atoms with Gasteiger partial charge in [-0.1, -0.05) is 0 Å². The van der Waals surface area contributed by atoms with Crippen molar-refractivity contribution in [3.05, 3.63) is 29.6 Å². The molecular formula is C12H17ClN2O. The van der Waals surface area contributed by atoms with E-state index in [4.69, 9.17) is 16.3 Å². The van der Waals surface area contributed by atoms with Gasteiger partial charge in [-0.15, -0.1) is 11.6 Å². The molecular weight excluding hydrogens is 224 g/mol. The summed E-state index contributed by atoms with van der Waals surface area (Å²) in [6, 6.07) is 4.23. The zero-order valence-corrected chi connectivity index (χ0v) is 10.1. The molecule has 88 valence electrons.